The van der Waals surface area contributed by atoms with Crippen molar-refractivity contribution in [1.82, 2.24) is 4.90 Å². The van der Waals surface area contributed by atoms with Crippen LogP contribution in [-0.4, -0.2) is 47.1 Å². The number of amides is 1. The van der Waals surface area contributed by atoms with Gasteiger partial charge in [-0.3, -0.25) is 9.59 Å². The number of nitrogens with zero attached hydrogens (tertiary/aromatic N) is 1. The summed E-state index contributed by atoms with van der Waals surface area (Å²) in [5.74, 6) is -1.86. The van der Waals surface area contributed by atoms with E-state index in [2.05, 4.69) is 0 Å². The number of carbonyl (C=O) groups is 2. The molecular weight excluding hydrogens is 374 g/mol. The molecule has 1 aliphatic rings. The van der Waals surface area contributed by atoms with E-state index in [4.69, 9.17) is 9.15 Å². The second-order valence-corrected chi connectivity index (χ2v) is 6.73. The monoisotopic (exact) mass is 393 g/mol. The summed E-state index contributed by atoms with van der Waals surface area (Å²) in [7, 11) is 1.50. The number of para-hydroxylation sites is 1. The molecule has 7 nitrogen and oxygen atoms in total. The lowest BCUT2D eigenvalue weighted by molar-refractivity contribution is -0.130. The Bertz CT molecular complexity index is 1100. The van der Waals surface area contributed by atoms with Crippen LogP contribution < -0.4 is 0 Å². The van der Waals surface area contributed by atoms with Gasteiger partial charge in [-0.15, -0.1) is 0 Å². The number of phenols is 1. The van der Waals surface area contributed by atoms with Gasteiger partial charge in [0.2, 0.25) is 5.78 Å². The lowest BCUT2D eigenvalue weighted by Crippen LogP contribution is -2.33. The highest BCUT2D eigenvalue weighted by Crippen LogP contribution is 2.40. The van der Waals surface area contributed by atoms with Gasteiger partial charge in [-0.05, 0) is 29.8 Å². The standard InChI is InChI=1S/C22H19NO6/c1-28-10-9-23-19(14-6-4-7-15(24)11-14)18(21(26)22(23)27)20(25)17-12-13-5-2-3-8-16(13)29-17/h2-8,11-12,19,24,26H,9-10H2,1H3. The Morgan fingerprint density at radius 2 is 1.93 bits per heavy atom. The number of ketones is 1. The van der Waals surface area contributed by atoms with Crippen LogP contribution in [-0.2, 0) is 9.53 Å². The van der Waals surface area contributed by atoms with Crippen LogP contribution in [0.2, 0.25) is 0 Å². The Kier molecular flexibility index (Phi) is 4.82. The molecule has 1 unspecified atom stereocenters. The van der Waals surface area contributed by atoms with Gasteiger partial charge in [0.25, 0.3) is 5.91 Å². The molecule has 0 radical (unpaired) electrons. The van der Waals surface area contributed by atoms with Gasteiger partial charge in [0.05, 0.1) is 18.2 Å². The second kappa shape index (κ2) is 7.44. The van der Waals surface area contributed by atoms with E-state index in [1.165, 1.54) is 24.1 Å². The average Bonchev–Trinajstić information content (AvgIpc) is 3.26. The van der Waals surface area contributed by atoms with Crippen molar-refractivity contribution < 1.29 is 29.0 Å². The molecule has 1 amide bonds. The molecule has 1 atom stereocenters. The number of aliphatic hydroxyl groups excluding tert-OH is 1. The number of Topliss-reactive ketones (excluding diaryl/α,β-unsaturated/α-hetero) is 1. The third kappa shape index (κ3) is 3.25. The van der Waals surface area contributed by atoms with Gasteiger partial charge in [0.1, 0.15) is 11.3 Å². The highest BCUT2D eigenvalue weighted by Gasteiger charge is 2.44. The first kappa shape index (κ1) is 18.8. The van der Waals surface area contributed by atoms with E-state index in [1.54, 1.807) is 36.4 Å². The summed E-state index contributed by atoms with van der Waals surface area (Å²) in [4.78, 5) is 27.3. The minimum atomic E-state index is -0.870. The summed E-state index contributed by atoms with van der Waals surface area (Å²) in [6, 6.07) is 14.1. The van der Waals surface area contributed by atoms with Crippen LogP contribution in [0.15, 0.2) is 70.3 Å². The first-order valence-corrected chi connectivity index (χ1v) is 9.06. The van der Waals surface area contributed by atoms with E-state index >= 15 is 0 Å². The van der Waals surface area contributed by atoms with Gasteiger partial charge < -0.3 is 24.3 Å². The Balaban J connectivity index is 1.81. The van der Waals surface area contributed by atoms with Gasteiger partial charge in [0.15, 0.2) is 11.5 Å². The summed E-state index contributed by atoms with van der Waals surface area (Å²) in [5.41, 5.74) is 0.944. The molecule has 0 saturated carbocycles. The van der Waals surface area contributed by atoms with Crippen LogP contribution in [0.1, 0.15) is 22.2 Å². The Labute approximate surface area is 166 Å². The predicted octanol–water partition coefficient (Wildman–Crippen LogP) is 3.36. The van der Waals surface area contributed by atoms with Crippen molar-refractivity contribution in [2.75, 3.05) is 20.3 Å². The van der Waals surface area contributed by atoms with Crippen molar-refractivity contribution in [3.63, 3.8) is 0 Å². The summed E-state index contributed by atoms with van der Waals surface area (Å²) in [6.07, 6.45) is 0. The van der Waals surface area contributed by atoms with E-state index in [0.717, 1.165) is 5.39 Å². The molecule has 29 heavy (non-hydrogen) atoms. The molecule has 7 heteroatoms. The number of furan rings is 1. The highest BCUT2D eigenvalue weighted by atomic mass is 16.5. The number of phenolic OH excluding ortho intramolecular Hbond substituents is 1. The summed E-state index contributed by atoms with van der Waals surface area (Å²) >= 11 is 0. The minimum absolute atomic E-state index is 0.0106. The molecule has 0 aliphatic carbocycles. The van der Waals surface area contributed by atoms with Crippen LogP contribution >= 0.6 is 0 Å². The van der Waals surface area contributed by atoms with Gasteiger partial charge >= 0.3 is 0 Å². The Hall–Kier alpha value is -3.58. The fourth-order valence-corrected chi connectivity index (χ4v) is 3.57. The van der Waals surface area contributed by atoms with Crippen molar-refractivity contribution in [2.45, 2.75) is 6.04 Å². The maximum atomic E-state index is 13.3. The molecule has 0 bridgehead atoms. The Morgan fingerprint density at radius 3 is 2.66 bits per heavy atom. The van der Waals surface area contributed by atoms with Crippen molar-refractivity contribution in [3.05, 3.63) is 77.3 Å². The van der Waals surface area contributed by atoms with Gasteiger partial charge in [0, 0.05) is 19.0 Å². The van der Waals surface area contributed by atoms with Gasteiger partial charge in [-0.1, -0.05) is 30.3 Å². The first-order valence-electron chi connectivity index (χ1n) is 9.06. The summed E-state index contributed by atoms with van der Waals surface area (Å²) < 4.78 is 10.7. The molecule has 0 fully saturated rings. The van der Waals surface area contributed by atoms with Crippen molar-refractivity contribution in [1.29, 1.82) is 0 Å². The van der Waals surface area contributed by atoms with E-state index in [1.807, 2.05) is 6.07 Å². The highest BCUT2D eigenvalue weighted by molar-refractivity contribution is 6.16. The molecule has 1 aliphatic heterocycles. The number of fused-ring (bicyclic) bond motifs is 1. The molecule has 1 aromatic heterocycles. The van der Waals surface area contributed by atoms with Crippen molar-refractivity contribution >= 4 is 22.7 Å². The van der Waals surface area contributed by atoms with Crippen LogP contribution in [0.3, 0.4) is 0 Å². The van der Waals surface area contributed by atoms with Gasteiger partial charge in [-0.25, -0.2) is 0 Å². The third-order valence-corrected chi connectivity index (χ3v) is 4.92. The van der Waals surface area contributed by atoms with Crippen LogP contribution in [0.5, 0.6) is 5.75 Å². The molecule has 4 rings (SSSR count). The Morgan fingerprint density at radius 1 is 1.14 bits per heavy atom. The zero-order chi connectivity index (χ0) is 20.5. The van der Waals surface area contributed by atoms with Crippen molar-refractivity contribution in [2.24, 2.45) is 0 Å². The molecule has 148 valence electrons. The molecular formula is C22H19NO6. The predicted molar refractivity (Wildman–Crippen MR) is 105 cm³/mol. The number of hydrogen-bond acceptors (Lipinski definition) is 6. The van der Waals surface area contributed by atoms with Crippen LogP contribution in [0.25, 0.3) is 11.0 Å². The van der Waals surface area contributed by atoms with E-state index in [-0.39, 0.29) is 30.2 Å². The zero-order valence-corrected chi connectivity index (χ0v) is 15.7. The second-order valence-electron chi connectivity index (χ2n) is 6.73. The van der Waals surface area contributed by atoms with E-state index in [0.29, 0.717) is 11.1 Å². The molecule has 2 heterocycles. The fourth-order valence-electron chi connectivity index (χ4n) is 3.57. The van der Waals surface area contributed by atoms with E-state index < -0.39 is 23.5 Å². The molecule has 2 N–H and O–H groups in total. The molecule has 0 saturated heterocycles. The molecule has 0 spiro atoms. The summed E-state index contributed by atoms with van der Waals surface area (Å²) in [6.45, 7) is 0.386. The molecule has 3 aromatic rings. The first-order chi connectivity index (χ1) is 14.0. The normalized spacial score (nSPS) is 16.8. The maximum absolute atomic E-state index is 13.3. The van der Waals surface area contributed by atoms with E-state index in [9.17, 15) is 19.8 Å². The lowest BCUT2D eigenvalue weighted by Gasteiger charge is -2.26. The fraction of sp³-hybridized carbons (Fsp3) is 0.182. The van der Waals surface area contributed by atoms with Crippen LogP contribution in [0.4, 0.5) is 0 Å². The zero-order valence-electron chi connectivity index (χ0n) is 15.7. The van der Waals surface area contributed by atoms with Gasteiger partial charge in [-0.2, -0.15) is 0 Å². The lowest BCUT2D eigenvalue weighted by atomic mass is 9.95. The number of methoxy groups -OCH3 is 1. The topological polar surface area (TPSA) is 100 Å². The quantitative estimate of drug-likeness (QED) is 0.623. The number of aliphatic hydroxyl groups is 1. The molecule has 2 aromatic carbocycles. The SMILES string of the molecule is COCCN1C(=O)C(O)=C(C(=O)c2cc3ccccc3o2)C1c1cccc(O)c1. The average molecular weight is 393 g/mol. The maximum Gasteiger partial charge on any atom is 0.290 e. The number of ether oxygens (including phenoxy) is 1. The third-order valence-electron chi connectivity index (χ3n) is 4.92. The number of hydrogen-bond donors (Lipinski definition) is 2. The van der Waals surface area contributed by atoms with Crippen LogP contribution in [0, 0.1) is 0 Å². The largest absolute Gasteiger partial charge is 0.508 e. The van der Waals surface area contributed by atoms with Crippen molar-refractivity contribution in [3.8, 4) is 5.75 Å². The smallest absolute Gasteiger partial charge is 0.290 e. The number of rotatable bonds is 6. The summed E-state index contributed by atoms with van der Waals surface area (Å²) in [5, 5.41) is 21.2. The minimum Gasteiger partial charge on any atom is -0.508 e. The number of aromatic hydroxyl groups is 1. The number of benzene rings is 2. The number of carbonyl (C=O) groups excluding carboxylic acids is 2.